The van der Waals surface area contributed by atoms with Crippen LogP contribution in [0, 0.1) is 0 Å². The van der Waals surface area contributed by atoms with E-state index in [0.29, 0.717) is 0 Å². The van der Waals surface area contributed by atoms with Gasteiger partial charge in [-0.1, -0.05) is 5.16 Å². The van der Waals surface area contributed by atoms with E-state index >= 15 is 0 Å². The van der Waals surface area contributed by atoms with Crippen molar-refractivity contribution in [1.82, 2.24) is 9.36 Å². The van der Waals surface area contributed by atoms with Crippen LogP contribution in [0.4, 0.5) is 9.52 Å². The van der Waals surface area contributed by atoms with Gasteiger partial charge in [0.25, 0.3) is 11.6 Å². The third kappa shape index (κ3) is 4.25. The first-order valence-corrected chi connectivity index (χ1v) is 4.83. The Hall–Kier alpha value is -0.990. The van der Waals surface area contributed by atoms with Gasteiger partial charge in [-0.05, 0) is 11.6 Å². The van der Waals surface area contributed by atoms with Crippen molar-refractivity contribution in [2.75, 3.05) is 5.73 Å². The first-order valence-electron chi connectivity index (χ1n) is 3.68. The average molecular weight is 289 g/mol. The number of carbonyl (C=O) groups is 1. The molecule has 0 bridgehead atoms. The molecular formula is C6H7Cl2FN4O2S. The Morgan fingerprint density at radius 2 is 2.38 bits per heavy atom. The summed E-state index contributed by atoms with van der Waals surface area (Å²) >= 11 is 6.04. The molecule has 0 fully saturated rings. The number of alkyl halides is 1. The van der Waals surface area contributed by atoms with Gasteiger partial charge in [-0.2, -0.15) is 13.7 Å². The average Bonchev–Trinajstić information content (AvgIpc) is 2.51. The Morgan fingerprint density at radius 3 is 2.75 bits per heavy atom. The molecule has 2 N–H and O–H groups in total. The fraction of sp³-hybridized carbons (Fsp3) is 0.333. The van der Waals surface area contributed by atoms with Crippen molar-refractivity contribution in [3.8, 4) is 0 Å². The van der Waals surface area contributed by atoms with E-state index in [-0.39, 0.29) is 29.1 Å². The van der Waals surface area contributed by atoms with E-state index in [9.17, 15) is 9.18 Å². The minimum Gasteiger partial charge on any atom is -0.374 e. The number of anilines is 1. The second-order valence-corrected chi connectivity index (χ2v) is 3.44. The summed E-state index contributed by atoms with van der Waals surface area (Å²) in [5, 5.41) is 2.38. The lowest BCUT2D eigenvalue weighted by molar-refractivity contribution is -0.106. The van der Waals surface area contributed by atoms with Gasteiger partial charge in [0, 0.05) is 18.5 Å². The third-order valence-electron chi connectivity index (χ3n) is 1.13. The Kier molecular flexibility index (Phi) is 6.16. The van der Waals surface area contributed by atoms with Crippen molar-refractivity contribution in [3.63, 3.8) is 0 Å². The number of nitrogen functional groups attached to an aromatic ring is 1. The van der Waals surface area contributed by atoms with Gasteiger partial charge in [0.2, 0.25) is 11.5 Å². The molecule has 0 aliphatic carbocycles. The van der Waals surface area contributed by atoms with Gasteiger partial charge in [0.1, 0.15) is 0 Å². The highest BCUT2D eigenvalue weighted by Gasteiger charge is 2.18. The number of oxime groups is 1. The number of halogens is 3. The first-order chi connectivity index (χ1) is 7.00. The minimum absolute atomic E-state index is 0. The summed E-state index contributed by atoms with van der Waals surface area (Å²) in [6, 6.07) is 0. The molecule has 1 rings (SSSR count). The Balaban J connectivity index is 0.00000225. The van der Waals surface area contributed by atoms with Gasteiger partial charge in [0.15, 0.2) is 5.13 Å². The molecule has 1 unspecified atom stereocenters. The SMILES string of the molecule is CC(F)ON=C(C(=O)Cl)c1nsc(N)n1.Cl. The summed E-state index contributed by atoms with van der Waals surface area (Å²) < 4.78 is 16.0. The largest absolute Gasteiger partial charge is 0.374 e. The van der Waals surface area contributed by atoms with Crippen LogP contribution in [-0.4, -0.2) is 26.7 Å². The number of hydrogen-bond donors (Lipinski definition) is 1. The molecule has 0 aliphatic rings. The van der Waals surface area contributed by atoms with Crippen molar-refractivity contribution in [1.29, 1.82) is 0 Å². The maximum absolute atomic E-state index is 12.3. The Labute approximate surface area is 105 Å². The van der Waals surface area contributed by atoms with Gasteiger partial charge >= 0.3 is 0 Å². The maximum atomic E-state index is 12.3. The monoisotopic (exact) mass is 288 g/mol. The summed E-state index contributed by atoms with van der Waals surface area (Å²) in [6.45, 7) is 1.10. The van der Waals surface area contributed by atoms with E-state index in [1.165, 1.54) is 0 Å². The molecule has 0 spiro atoms. The molecule has 0 aromatic carbocycles. The molecular weight excluding hydrogens is 282 g/mol. The molecule has 16 heavy (non-hydrogen) atoms. The van der Waals surface area contributed by atoms with Crippen LogP contribution in [-0.2, 0) is 9.63 Å². The zero-order valence-corrected chi connectivity index (χ0v) is 10.3. The van der Waals surface area contributed by atoms with Gasteiger partial charge in [0.05, 0.1) is 0 Å². The molecule has 1 aromatic heterocycles. The van der Waals surface area contributed by atoms with E-state index in [2.05, 4.69) is 19.4 Å². The summed E-state index contributed by atoms with van der Waals surface area (Å²) in [4.78, 5) is 18.8. The van der Waals surface area contributed by atoms with E-state index in [0.717, 1.165) is 18.5 Å². The number of carbonyl (C=O) groups excluding carboxylic acids is 1. The first kappa shape index (κ1) is 15.0. The second kappa shape index (κ2) is 6.56. The topological polar surface area (TPSA) is 90.5 Å². The molecule has 10 heteroatoms. The van der Waals surface area contributed by atoms with Gasteiger partial charge in [-0.15, -0.1) is 12.4 Å². The van der Waals surface area contributed by atoms with Crippen LogP contribution in [0.5, 0.6) is 0 Å². The molecule has 0 saturated carbocycles. The van der Waals surface area contributed by atoms with Crippen molar-refractivity contribution in [3.05, 3.63) is 5.82 Å². The van der Waals surface area contributed by atoms with E-state index in [1.54, 1.807) is 0 Å². The molecule has 0 aliphatic heterocycles. The lowest BCUT2D eigenvalue weighted by atomic mass is 10.4. The lowest BCUT2D eigenvalue weighted by Crippen LogP contribution is -2.13. The highest BCUT2D eigenvalue weighted by atomic mass is 35.5. The Morgan fingerprint density at radius 1 is 1.75 bits per heavy atom. The van der Waals surface area contributed by atoms with Crippen LogP contribution in [0.1, 0.15) is 12.7 Å². The van der Waals surface area contributed by atoms with Crippen LogP contribution in [0.3, 0.4) is 0 Å². The smallest absolute Gasteiger partial charge is 0.278 e. The molecule has 1 heterocycles. The fourth-order valence-electron chi connectivity index (χ4n) is 0.621. The molecule has 1 aromatic rings. The van der Waals surface area contributed by atoms with Crippen LogP contribution >= 0.6 is 35.5 Å². The van der Waals surface area contributed by atoms with Crippen LogP contribution in [0.25, 0.3) is 0 Å². The maximum Gasteiger partial charge on any atom is 0.278 e. The molecule has 0 saturated heterocycles. The zero-order chi connectivity index (χ0) is 11.4. The molecule has 90 valence electrons. The summed E-state index contributed by atoms with van der Waals surface area (Å²) in [6.07, 6.45) is -1.66. The van der Waals surface area contributed by atoms with E-state index < -0.39 is 11.6 Å². The Bertz CT molecular complexity index is 398. The third-order valence-corrected chi connectivity index (χ3v) is 1.85. The van der Waals surface area contributed by atoms with Gasteiger partial charge < -0.3 is 10.6 Å². The van der Waals surface area contributed by atoms with E-state index in [1.807, 2.05) is 0 Å². The molecule has 0 amide bonds. The number of aromatic nitrogens is 2. The summed E-state index contributed by atoms with van der Waals surface area (Å²) in [5.41, 5.74) is 4.91. The normalized spacial score (nSPS) is 12.8. The predicted molar refractivity (Wildman–Crippen MR) is 60.6 cm³/mol. The lowest BCUT2D eigenvalue weighted by Gasteiger charge is -1.99. The van der Waals surface area contributed by atoms with Crippen molar-refractivity contribution < 1.29 is 14.0 Å². The van der Waals surface area contributed by atoms with Crippen LogP contribution in [0.2, 0.25) is 0 Å². The van der Waals surface area contributed by atoms with Gasteiger partial charge in [-0.25, -0.2) is 0 Å². The molecule has 6 nitrogen and oxygen atoms in total. The standard InChI is InChI=1S/C6H6ClFN4O2S.ClH/c1-2(8)14-11-3(4(7)13)5-10-6(9)15-12-5;/h2H,1H3,(H2,9,10,12);1H. The number of hydrogen-bond acceptors (Lipinski definition) is 7. The van der Waals surface area contributed by atoms with Crippen molar-refractivity contribution in [2.45, 2.75) is 13.3 Å². The van der Waals surface area contributed by atoms with Crippen LogP contribution in [0.15, 0.2) is 5.16 Å². The molecule has 0 radical (unpaired) electrons. The fourth-order valence-corrected chi connectivity index (χ4v) is 1.17. The predicted octanol–water partition coefficient (Wildman–Crippen LogP) is 1.34. The van der Waals surface area contributed by atoms with E-state index in [4.69, 9.17) is 17.3 Å². The number of rotatable bonds is 4. The van der Waals surface area contributed by atoms with Gasteiger partial charge in [-0.3, -0.25) is 4.79 Å². The van der Waals surface area contributed by atoms with Crippen molar-refractivity contribution in [2.24, 2.45) is 5.16 Å². The summed E-state index contributed by atoms with van der Waals surface area (Å²) in [7, 11) is 0. The van der Waals surface area contributed by atoms with Crippen LogP contribution < -0.4 is 5.73 Å². The minimum atomic E-state index is -1.66. The highest BCUT2D eigenvalue weighted by molar-refractivity contribution is 7.09. The second-order valence-electron chi connectivity index (χ2n) is 2.32. The number of nitrogens with two attached hydrogens (primary N) is 1. The zero-order valence-electron chi connectivity index (χ0n) is 7.89. The number of nitrogens with zero attached hydrogens (tertiary/aromatic N) is 3. The highest BCUT2D eigenvalue weighted by Crippen LogP contribution is 2.09. The summed E-state index contributed by atoms with van der Waals surface area (Å²) in [5.74, 6) is -0.0850. The van der Waals surface area contributed by atoms with Crippen molar-refractivity contribution >= 4 is 51.6 Å². The molecule has 1 atom stereocenters. The quantitative estimate of drug-likeness (QED) is 0.513.